The predicted octanol–water partition coefficient (Wildman–Crippen LogP) is 4.28. The molecule has 0 saturated carbocycles. The van der Waals surface area contributed by atoms with E-state index in [0.29, 0.717) is 28.5 Å². The molecule has 2 aromatic carbocycles. The maximum absolute atomic E-state index is 9.19. The summed E-state index contributed by atoms with van der Waals surface area (Å²) in [7, 11) is 3.44. The lowest BCUT2D eigenvalue weighted by atomic mass is 10.0. The highest BCUT2D eigenvalue weighted by atomic mass is 16.5. The summed E-state index contributed by atoms with van der Waals surface area (Å²) in [5.74, 6) is 1.90. The Labute approximate surface area is 162 Å². The largest absolute Gasteiger partial charge is 0.494 e. The van der Waals surface area contributed by atoms with E-state index >= 15 is 0 Å². The van der Waals surface area contributed by atoms with Crippen LogP contribution in [0.25, 0.3) is 33.4 Å². The molecule has 6 heteroatoms. The molecule has 0 fully saturated rings. The molecule has 0 aliphatic heterocycles. The lowest BCUT2D eigenvalue weighted by Gasteiger charge is -2.13. The van der Waals surface area contributed by atoms with Crippen LogP contribution in [0.5, 0.6) is 5.75 Å². The van der Waals surface area contributed by atoms with Crippen molar-refractivity contribution in [1.82, 2.24) is 15.0 Å². The van der Waals surface area contributed by atoms with E-state index in [9.17, 15) is 5.26 Å². The minimum Gasteiger partial charge on any atom is -0.494 e. The third-order valence-corrected chi connectivity index (χ3v) is 4.47. The van der Waals surface area contributed by atoms with Crippen LogP contribution in [-0.2, 0) is 0 Å². The highest BCUT2D eigenvalue weighted by Crippen LogP contribution is 2.35. The summed E-state index contributed by atoms with van der Waals surface area (Å²) < 4.78 is 5.64. The van der Waals surface area contributed by atoms with Gasteiger partial charge in [0.25, 0.3) is 0 Å². The maximum atomic E-state index is 9.19. The van der Waals surface area contributed by atoms with Gasteiger partial charge in [-0.05, 0) is 47.5 Å². The van der Waals surface area contributed by atoms with Crippen LogP contribution in [0.4, 0.5) is 5.82 Å². The quantitative estimate of drug-likeness (QED) is 0.579. The summed E-state index contributed by atoms with van der Waals surface area (Å²) >= 11 is 0. The summed E-state index contributed by atoms with van der Waals surface area (Å²) in [4.78, 5) is 13.5. The average Bonchev–Trinajstić information content (AvgIpc) is 2.78. The van der Waals surface area contributed by atoms with Gasteiger partial charge in [-0.15, -0.1) is 0 Å². The van der Waals surface area contributed by atoms with Crippen LogP contribution in [0.2, 0.25) is 0 Å². The normalized spacial score (nSPS) is 10.5. The van der Waals surface area contributed by atoms with Crippen LogP contribution < -0.4 is 10.1 Å². The molecular formula is C22H17N5O. The number of hydrogen-bond acceptors (Lipinski definition) is 6. The Balaban J connectivity index is 1.97. The van der Waals surface area contributed by atoms with Gasteiger partial charge in [0, 0.05) is 30.4 Å². The molecule has 4 aromatic rings. The van der Waals surface area contributed by atoms with E-state index < -0.39 is 0 Å². The fraction of sp³-hybridized carbons (Fsp3) is 0.0909. The summed E-state index contributed by atoms with van der Waals surface area (Å²) in [6.07, 6.45) is 3.45. The zero-order valence-electron chi connectivity index (χ0n) is 15.5. The molecular weight excluding hydrogens is 350 g/mol. The van der Waals surface area contributed by atoms with Gasteiger partial charge in [-0.1, -0.05) is 12.1 Å². The summed E-state index contributed by atoms with van der Waals surface area (Å²) in [5, 5.41) is 13.2. The molecule has 0 unspecified atom stereocenters. The van der Waals surface area contributed by atoms with Crippen LogP contribution in [0, 0.1) is 11.3 Å². The van der Waals surface area contributed by atoms with Gasteiger partial charge in [0.2, 0.25) is 0 Å². The average molecular weight is 367 g/mol. The molecule has 0 atom stereocenters. The Kier molecular flexibility index (Phi) is 4.56. The van der Waals surface area contributed by atoms with E-state index in [4.69, 9.17) is 9.72 Å². The van der Waals surface area contributed by atoms with Gasteiger partial charge in [-0.25, -0.2) is 9.97 Å². The van der Waals surface area contributed by atoms with Crippen molar-refractivity contribution in [2.75, 3.05) is 19.5 Å². The van der Waals surface area contributed by atoms with E-state index in [2.05, 4.69) is 21.4 Å². The van der Waals surface area contributed by atoms with Crippen LogP contribution in [0.1, 0.15) is 5.56 Å². The number of fused-ring (bicyclic) bond motifs is 1. The number of ether oxygens (including phenoxy) is 1. The molecule has 136 valence electrons. The van der Waals surface area contributed by atoms with E-state index in [1.54, 1.807) is 25.6 Å². The molecule has 0 amide bonds. The van der Waals surface area contributed by atoms with E-state index in [0.717, 1.165) is 22.1 Å². The molecule has 0 aliphatic carbocycles. The number of anilines is 1. The molecule has 1 N–H and O–H groups in total. The zero-order valence-corrected chi connectivity index (χ0v) is 15.5. The second kappa shape index (κ2) is 7.33. The number of rotatable bonds is 4. The lowest BCUT2D eigenvalue weighted by molar-refractivity contribution is 0.419. The number of nitrogens with one attached hydrogen (secondary N) is 1. The topological polar surface area (TPSA) is 83.7 Å². The number of methoxy groups -OCH3 is 1. The molecule has 0 aliphatic rings. The summed E-state index contributed by atoms with van der Waals surface area (Å²) in [6, 6.07) is 17.3. The highest BCUT2D eigenvalue weighted by molar-refractivity contribution is 5.97. The van der Waals surface area contributed by atoms with Crippen molar-refractivity contribution in [2.24, 2.45) is 0 Å². The molecule has 4 rings (SSSR count). The monoisotopic (exact) mass is 367 g/mol. The first-order valence-electron chi connectivity index (χ1n) is 8.72. The van der Waals surface area contributed by atoms with Gasteiger partial charge in [-0.3, -0.25) is 4.98 Å². The first-order chi connectivity index (χ1) is 13.7. The smallest absolute Gasteiger partial charge is 0.163 e. The number of hydrogen-bond donors (Lipinski definition) is 1. The third-order valence-electron chi connectivity index (χ3n) is 4.47. The Morgan fingerprint density at radius 2 is 1.86 bits per heavy atom. The zero-order chi connectivity index (χ0) is 19.5. The van der Waals surface area contributed by atoms with E-state index in [1.807, 2.05) is 49.5 Å². The predicted molar refractivity (Wildman–Crippen MR) is 109 cm³/mol. The van der Waals surface area contributed by atoms with Crippen molar-refractivity contribution in [2.45, 2.75) is 0 Å². The van der Waals surface area contributed by atoms with Gasteiger partial charge in [-0.2, -0.15) is 5.26 Å². The van der Waals surface area contributed by atoms with Crippen LogP contribution >= 0.6 is 0 Å². The number of nitrogens with zero attached hydrogens (tertiary/aromatic N) is 4. The lowest BCUT2D eigenvalue weighted by Crippen LogP contribution is -2.01. The SMILES string of the molecule is CNc1nc(-c2cccnc2)nc2c(OC)cc(-c3cccc(C#N)c3)cc12. The first-order valence-corrected chi connectivity index (χ1v) is 8.72. The van der Waals surface area contributed by atoms with E-state index in [-0.39, 0.29) is 0 Å². The number of benzene rings is 2. The van der Waals surface area contributed by atoms with Crippen LogP contribution in [0.3, 0.4) is 0 Å². The second-order valence-corrected chi connectivity index (χ2v) is 6.15. The Hall–Kier alpha value is -3.98. The van der Waals surface area contributed by atoms with Gasteiger partial charge < -0.3 is 10.1 Å². The van der Waals surface area contributed by atoms with Gasteiger partial charge >= 0.3 is 0 Å². The second-order valence-electron chi connectivity index (χ2n) is 6.15. The highest BCUT2D eigenvalue weighted by Gasteiger charge is 2.15. The Bertz CT molecular complexity index is 1200. The third kappa shape index (κ3) is 3.10. The number of nitriles is 1. The maximum Gasteiger partial charge on any atom is 0.163 e. The molecule has 6 nitrogen and oxygen atoms in total. The minimum absolute atomic E-state index is 0.572. The fourth-order valence-corrected chi connectivity index (χ4v) is 3.11. The molecule has 28 heavy (non-hydrogen) atoms. The fourth-order valence-electron chi connectivity index (χ4n) is 3.11. The molecule has 0 radical (unpaired) electrons. The molecule has 0 bridgehead atoms. The van der Waals surface area contributed by atoms with E-state index in [1.165, 1.54) is 0 Å². The van der Waals surface area contributed by atoms with Crippen molar-refractivity contribution in [3.8, 4) is 34.3 Å². The molecule has 0 saturated heterocycles. The summed E-state index contributed by atoms with van der Waals surface area (Å²) in [5.41, 5.74) is 4.00. The van der Waals surface area contributed by atoms with Crippen molar-refractivity contribution < 1.29 is 4.74 Å². The van der Waals surface area contributed by atoms with Gasteiger partial charge in [0.1, 0.15) is 17.1 Å². The summed E-state index contributed by atoms with van der Waals surface area (Å²) in [6.45, 7) is 0. The molecule has 0 spiro atoms. The first kappa shape index (κ1) is 17.4. The Morgan fingerprint density at radius 3 is 2.57 bits per heavy atom. The van der Waals surface area contributed by atoms with Crippen molar-refractivity contribution in [3.63, 3.8) is 0 Å². The Morgan fingerprint density at radius 1 is 1.00 bits per heavy atom. The standard InChI is InChI=1S/C22H17N5O/c1-24-22-18-10-17(15-6-3-5-14(9-15)12-23)11-19(28-2)20(18)26-21(27-22)16-7-4-8-25-13-16/h3-11,13H,1-2H3,(H,24,26,27). The van der Waals surface area contributed by atoms with Gasteiger partial charge in [0.15, 0.2) is 5.82 Å². The molecule has 2 aromatic heterocycles. The minimum atomic E-state index is 0.572. The molecule has 2 heterocycles. The number of aromatic nitrogens is 3. The van der Waals surface area contributed by atoms with Crippen LogP contribution in [0.15, 0.2) is 60.9 Å². The van der Waals surface area contributed by atoms with Crippen LogP contribution in [-0.4, -0.2) is 29.1 Å². The van der Waals surface area contributed by atoms with Crippen molar-refractivity contribution in [3.05, 3.63) is 66.5 Å². The number of pyridine rings is 1. The van der Waals surface area contributed by atoms with Gasteiger partial charge in [0.05, 0.1) is 18.7 Å². The van der Waals surface area contributed by atoms with Crippen molar-refractivity contribution >= 4 is 16.7 Å². The van der Waals surface area contributed by atoms with Crippen molar-refractivity contribution in [1.29, 1.82) is 5.26 Å².